The molecule has 0 radical (unpaired) electrons. The third-order valence-electron chi connectivity index (χ3n) is 2.94. The first-order valence-corrected chi connectivity index (χ1v) is 6.84. The number of aryl methyl sites for hydroxylation is 1. The molecule has 1 aliphatic heterocycles. The van der Waals surface area contributed by atoms with Crippen molar-refractivity contribution >= 4 is 15.9 Å². The van der Waals surface area contributed by atoms with Gasteiger partial charge in [-0.3, -0.25) is 0 Å². The van der Waals surface area contributed by atoms with Crippen LogP contribution in [-0.2, 0) is 4.74 Å². The molecule has 92 valence electrons. The lowest BCUT2D eigenvalue weighted by Gasteiger charge is -2.20. The molecule has 0 fully saturated rings. The van der Waals surface area contributed by atoms with Gasteiger partial charge in [-0.15, -0.1) is 0 Å². The molecule has 3 heteroatoms. The van der Waals surface area contributed by atoms with E-state index in [1.165, 1.54) is 11.1 Å². The Hall–Kier alpha value is -0.800. The fourth-order valence-corrected chi connectivity index (χ4v) is 2.32. The Morgan fingerprint density at radius 2 is 2.29 bits per heavy atom. The van der Waals surface area contributed by atoms with Crippen LogP contribution >= 0.6 is 15.9 Å². The molecule has 1 heterocycles. The number of nitrogens with one attached hydrogen (secondary N) is 1. The van der Waals surface area contributed by atoms with Crippen LogP contribution in [0.2, 0.25) is 0 Å². The maximum absolute atomic E-state index is 5.68. The van der Waals surface area contributed by atoms with Gasteiger partial charge in [-0.1, -0.05) is 35.0 Å². The molecular formula is C14H18BrNO. The lowest BCUT2D eigenvalue weighted by Crippen LogP contribution is -2.23. The summed E-state index contributed by atoms with van der Waals surface area (Å²) < 4.78 is 6.83. The molecule has 1 unspecified atom stereocenters. The monoisotopic (exact) mass is 295 g/mol. The minimum absolute atomic E-state index is 0.189. The molecule has 1 atom stereocenters. The molecule has 0 amide bonds. The van der Waals surface area contributed by atoms with Crippen LogP contribution in [0.3, 0.4) is 0 Å². The van der Waals surface area contributed by atoms with Crippen LogP contribution in [0.1, 0.15) is 30.5 Å². The molecule has 0 aromatic heterocycles. The van der Waals surface area contributed by atoms with Crippen molar-refractivity contribution in [3.8, 4) is 0 Å². The predicted molar refractivity (Wildman–Crippen MR) is 73.9 cm³/mol. The standard InChI is InChI=1S/C14H18BrNO/c1-3-16-14(13-5-4-8-17-13)11-6-7-12(15)10(2)9-11/h5-7,9,14,16H,3-4,8H2,1-2H3. The Morgan fingerprint density at radius 3 is 2.88 bits per heavy atom. The Kier molecular flexibility index (Phi) is 4.24. The Morgan fingerprint density at radius 1 is 1.47 bits per heavy atom. The molecule has 0 saturated heterocycles. The lowest BCUT2D eigenvalue weighted by atomic mass is 10.0. The van der Waals surface area contributed by atoms with Crippen molar-refractivity contribution in [2.75, 3.05) is 13.2 Å². The highest BCUT2D eigenvalue weighted by molar-refractivity contribution is 9.10. The molecule has 0 saturated carbocycles. The van der Waals surface area contributed by atoms with Crippen molar-refractivity contribution < 1.29 is 4.74 Å². The summed E-state index contributed by atoms with van der Waals surface area (Å²) in [5.74, 6) is 1.06. The molecule has 2 nitrogen and oxygen atoms in total. The fraction of sp³-hybridized carbons (Fsp3) is 0.429. The number of ether oxygens (including phenoxy) is 1. The van der Waals surface area contributed by atoms with E-state index in [-0.39, 0.29) is 6.04 Å². The third-order valence-corrected chi connectivity index (χ3v) is 3.83. The van der Waals surface area contributed by atoms with E-state index < -0.39 is 0 Å². The smallest absolute Gasteiger partial charge is 0.114 e. The van der Waals surface area contributed by atoms with Gasteiger partial charge in [0.25, 0.3) is 0 Å². The molecule has 1 aliphatic rings. The van der Waals surface area contributed by atoms with Gasteiger partial charge < -0.3 is 10.1 Å². The van der Waals surface area contributed by atoms with Gasteiger partial charge in [-0.25, -0.2) is 0 Å². The van der Waals surface area contributed by atoms with E-state index in [0.29, 0.717) is 0 Å². The van der Waals surface area contributed by atoms with Crippen LogP contribution in [0.15, 0.2) is 34.5 Å². The average Bonchev–Trinajstić information content (AvgIpc) is 2.83. The highest BCUT2D eigenvalue weighted by Crippen LogP contribution is 2.28. The molecule has 2 rings (SSSR count). The van der Waals surface area contributed by atoms with Gasteiger partial charge in [-0.2, -0.15) is 0 Å². The van der Waals surface area contributed by atoms with Crippen molar-refractivity contribution in [3.05, 3.63) is 45.6 Å². The second-order valence-electron chi connectivity index (χ2n) is 4.24. The minimum Gasteiger partial charge on any atom is -0.496 e. The van der Waals surface area contributed by atoms with E-state index in [2.05, 4.69) is 59.4 Å². The van der Waals surface area contributed by atoms with Gasteiger partial charge in [0, 0.05) is 10.9 Å². The molecular weight excluding hydrogens is 278 g/mol. The zero-order valence-electron chi connectivity index (χ0n) is 10.3. The van der Waals surface area contributed by atoms with Crippen molar-refractivity contribution in [1.82, 2.24) is 5.32 Å². The summed E-state index contributed by atoms with van der Waals surface area (Å²) in [5.41, 5.74) is 2.52. The predicted octanol–water partition coefficient (Wildman–Crippen LogP) is 3.71. The summed E-state index contributed by atoms with van der Waals surface area (Å²) in [4.78, 5) is 0. The van der Waals surface area contributed by atoms with Gasteiger partial charge in [0.05, 0.1) is 12.6 Å². The van der Waals surface area contributed by atoms with Crippen LogP contribution in [0.4, 0.5) is 0 Å². The SMILES string of the molecule is CCNC(C1=CCCO1)c1ccc(Br)c(C)c1. The normalized spacial score (nSPS) is 16.5. The summed E-state index contributed by atoms with van der Waals surface area (Å²) in [6.45, 7) is 5.97. The maximum atomic E-state index is 5.68. The first kappa shape index (κ1) is 12.7. The summed E-state index contributed by atoms with van der Waals surface area (Å²) in [6.07, 6.45) is 3.21. The minimum atomic E-state index is 0.189. The zero-order valence-corrected chi connectivity index (χ0v) is 11.9. The van der Waals surface area contributed by atoms with Gasteiger partial charge in [-0.05, 0) is 36.7 Å². The first-order valence-electron chi connectivity index (χ1n) is 6.04. The third kappa shape index (κ3) is 2.90. The second kappa shape index (κ2) is 5.69. The molecule has 0 bridgehead atoms. The summed E-state index contributed by atoms with van der Waals surface area (Å²) in [7, 11) is 0. The Balaban J connectivity index is 2.28. The van der Waals surface area contributed by atoms with Crippen LogP contribution < -0.4 is 5.32 Å². The van der Waals surface area contributed by atoms with Gasteiger partial charge in [0.15, 0.2) is 0 Å². The van der Waals surface area contributed by atoms with Crippen LogP contribution in [0.5, 0.6) is 0 Å². The summed E-state index contributed by atoms with van der Waals surface area (Å²) in [6, 6.07) is 6.64. The molecule has 0 aliphatic carbocycles. The number of hydrogen-bond donors (Lipinski definition) is 1. The summed E-state index contributed by atoms with van der Waals surface area (Å²) in [5, 5.41) is 3.48. The Labute approximate surface area is 111 Å². The van der Waals surface area contributed by atoms with Crippen molar-refractivity contribution in [1.29, 1.82) is 0 Å². The highest BCUT2D eigenvalue weighted by atomic mass is 79.9. The van der Waals surface area contributed by atoms with Gasteiger partial charge in [0.2, 0.25) is 0 Å². The van der Waals surface area contributed by atoms with E-state index >= 15 is 0 Å². The highest BCUT2D eigenvalue weighted by Gasteiger charge is 2.20. The van der Waals surface area contributed by atoms with Crippen LogP contribution in [0.25, 0.3) is 0 Å². The van der Waals surface area contributed by atoms with E-state index in [9.17, 15) is 0 Å². The van der Waals surface area contributed by atoms with E-state index in [1.54, 1.807) is 0 Å². The van der Waals surface area contributed by atoms with Gasteiger partial charge in [0.1, 0.15) is 5.76 Å². The van der Waals surface area contributed by atoms with E-state index in [4.69, 9.17) is 4.74 Å². The van der Waals surface area contributed by atoms with Gasteiger partial charge >= 0.3 is 0 Å². The number of benzene rings is 1. The maximum Gasteiger partial charge on any atom is 0.114 e. The first-order chi connectivity index (χ1) is 8.22. The molecule has 1 aromatic rings. The zero-order chi connectivity index (χ0) is 12.3. The second-order valence-corrected chi connectivity index (χ2v) is 5.10. The Bertz CT molecular complexity index is 428. The van der Waals surface area contributed by atoms with Crippen LogP contribution in [-0.4, -0.2) is 13.2 Å². The van der Waals surface area contributed by atoms with Crippen molar-refractivity contribution in [2.24, 2.45) is 0 Å². The lowest BCUT2D eigenvalue weighted by molar-refractivity contribution is 0.216. The van der Waals surface area contributed by atoms with Crippen molar-refractivity contribution in [2.45, 2.75) is 26.3 Å². The quantitative estimate of drug-likeness (QED) is 0.914. The number of likely N-dealkylation sites (N-methyl/N-ethyl adjacent to an activating group) is 1. The molecule has 1 aromatic carbocycles. The largest absolute Gasteiger partial charge is 0.496 e. The number of halogens is 1. The van der Waals surface area contributed by atoms with E-state index in [1.807, 2.05) is 0 Å². The number of hydrogen-bond acceptors (Lipinski definition) is 2. The van der Waals surface area contributed by atoms with E-state index in [0.717, 1.165) is 29.8 Å². The molecule has 17 heavy (non-hydrogen) atoms. The number of rotatable bonds is 4. The fourth-order valence-electron chi connectivity index (χ4n) is 2.07. The van der Waals surface area contributed by atoms with Crippen LogP contribution in [0, 0.1) is 6.92 Å². The summed E-state index contributed by atoms with van der Waals surface area (Å²) >= 11 is 3.53. The van der Waals surface area contributed by atoms with Crippen molar-refractivity contribution in [3.63, 3.8) is 0 Å². The molecule has 1 N–H and O–H groups in total. The molecule has 0 spiro atoms. The topological polar surface area (TPSA) is 21.3 Å². The average molecular weight is 296 g/mol.